The first-order chi connectivity index (χ1) is 6.18. The smallest absolute Gasteiger partial charge is 0.0324 e. The van der Waals surface area contributed by atoms with Crippen molar-refractivity contribution in [2.24, 2.45) is 11.7 Å². The molecule has 0 heterocycles. The van der Waals surface area contributed by atoms with Gasteiger partial charge >= 0.3 is 0 Å². The molecule has 0 radical (unpaired) electrons. The molecule has 0 bridgehead atoms. The average Bonchev–Trinajstić information content (AvgIpc) is 2.12. The van der Waals surface area contributed by atoms with E-state index in [1.165, 1.54) is 24.0 Å². The quantitative estimate of drug-likeness (QED) is 0.741. The van der Waals surface area contributed by atoms with E-state index in [1.54, 1.807) is 0 Å². The first-order valence-electron chi connectivity index (χ1n) is 4.72. The molecule has 0 fully saturated rings. The minimum Gasteiger partial charge on any atom is -0.324 e. The minimum atomic E-state index is 0.223. The van der Waals surface area contributed by atoms with Gasteiger partial charge in [0.05, 0.1) is 0 Å². The molecule has 0 aliphatic heterocycles. The van der Waals surface area contributed by atoms with E-state index >= 15 is 0 Å². The van der Waals surface area contributed by atoms with E-state index in [2.05, 4.69) is 41.1 Å². The number of halogens is 1. The Morgan fingerprint density at radius 3 is 3.00 bits per heavy atom. The van der Waals surface area contributed by atoms with Gasteiger partial charge in [0.15, 0.2) is 0 Å². The molecule has 1 aliphatic carbocycles. The summed E-state index contributed by atoms with van der Waals surface area (Å²) in [7, 11) is 0. The minimum absolute atomic E-state index is 0.223. The first kappa shape index (κ1) is 9.22. The average molecular weight is 240 g/mol. The van der Waals surface area contributed by atoms with Gasteiger partial charge in [0.25, 0.3) is 0 Å². The number of hydrogen-bond acceptors (Lipinski definition) is 1. The Morgan fingerprint density at radius 2 is 2.23 bits per heavy atom. The van der Waals surface area contributed by atoms with E-state index in [0.29, 0.717) is 5.92 Å². The van der Waals surface area contributed by atoms with Crippen molar-refractivity contribution >= 4 is 15.9 Å². The summed E-state index contributed by atoms with van der Waals surface area (Å²) in [6.45, 7) is 2.23. The molecule has 1 aromatic carbocycles. The summed E-state index contributed by atoms with van der Waals surface area (Å²) in [4.78, 5) is 0. The van der Waals surface area contributed by atoms with Crippen LogP contribution in [0.4, 0.5) is 0 Å². The van der Waals surface area contributed by atoms with Crippen LogP contribution in [-0.4, -0.2) is 0 Å². The number of nitrogens with two attached hydrogens (primary N) is 1. The van der Waals surface area contributed by atoms with Crippen molar-refractivity contribution in [2.75, 3.05) is 0 Å². The van der Waals surface area contributed by atoms with Crippen LogP contribution in [0.3, 0.4) is 0 Å². The Kier molecular flexibility index (Phi) is 2.43. The molecule has 2 rings (SSSR count). The predicted molar refractivity (Wildman–Crippen MR) is 58.6 cm³/mol. The Hall–Kier alpha value is -0.340. The van der Waals surface area contributed by atoms with E-state index in [1.807, 2.05) is 0 Å². The fourth-order valence-electron chi connectivity index (χ4n) is 1.97. The van der Waals surface area contributed by atoms with Crippen molar-refractivity contribution in [2.45, 2.75) is 25.8 Å². The van der Waals surface area contributed by atoms with Gasteiger partial charge in [0.1, 0.15) is 0 Å². The molecule has 0 spiro atoms. The fourth-order valence-corrected chi connectivity index (χ4v) is 2.35. The van der Waals surface area contributed by atoms with Gasteiger partial charge in [-0.1, -0.05) is 28.9 Å². The molecule has 1 nitrogen and oxygen atoms in total. The van der Waals surface area contributed by atoms with Crippen molar-refractivity contribution in [1.82, 2.24) is 0 Å². The molecule has 1 aliphatic rings. The van der Waals surface area contributed by atoms with E-state index in [4.69, 9.17) is 5.73 Å². The molecular weight excluding hydrogens is 226 g/mol. The van der Waals surface area contributed by atoms with Crippen LogP contribution in [0.2, 0.25) is 0 Å². The van der Waals surface area contributed by atoms with Gasteiger partial charge < -0.3 is 5.73 Å². The van der Waals surface area contributed by atoms with Crippen LogP contribution in [-0.2, 0) is 6.42 Å². The van der Waals surface area contributed by atoms with Gasteiger partial charge in [-0.3, -0.25) is 0 Å². The van der Waals surface area contributed by atoms with Crippen LogP contribution in [0.15, 0.2) is 22.7 Å². The zero-order valence-electron chi connectivity index (χ0n) is 7.76. The van der Waals surface area contributed by atoms with Crippen LogP contribution in [0, 0.1) is 5.92 Å². The Morgan fingerprint density at radius 1 is 1.46 bits per heavy atom. The summed E-state index contributed by atoms with van der Waals surface area (Å²) in [5.74, 6) is 0.613. The SMILES string of the molecule is CC1CCc2ccc(Br)cc2C1N. The first-order valence-corrected chi connectivity index (χ1v) is 5.51. The van der Waals surface area contributed by atoms with E-state index in [-0.39, 0.29) is 6.04 Å². The summed E-state index contributed by atoms with van der Waals surface area (Å²) >= 11 is 3.48. The molecule has 2 unspecified atom stereocenters. The zero-order valence-corrected chi connectivity index (χ0v) is 9.34. The van der Waals surface area contributed by atoms with Crippen molar-refractivity contribution in [3.05, 3.63) is 33.8 Å². The fraction of sp³-hybridized carbons (Fsp3) is 0.455. The molecule has 0 saturated heterocycles. The molecule has 0 saturated carbocycles. The maximum absolute atomic E-state index is 6.14. The van der Waals surface area contributed by atoms with E-state index in [0.717, 1.165) is 4.47 Å². The lowest BCUT2D eigenvalue weighted by Gasteiger charge is -2.28. The highest BCUT2D eigenvalue weighted by Crippen LogP contribution is 2.33. The highest BCUT2D eigenvalue weighted by Gasteiger charge is 2.22. The van der Waals surface area contributed by atoms with Crippen molar-refractivity contribution < 1.29 is 0 Å². The Labute approximate surface area is 87.5 Å². The van der Waals surface area contributed by atoms with Crippen LogP contribution in [0.25, 0.3) is 0 Å². The number of fused-ring (bicyclic) bond motifs is 1. The monoisotopic (exact) mass is 239 g/mol. The number of hydrogen-bond donors (Lipinski definition) is 1. The number of benzene rings is 1. The van der Waals surface area contributed by atoms with E-state index in [9.17, 15) is 0 Å². The van der Waals surface area contributed by atoms with Crippen molar-refractivity contribution in [3.8, 4) is 0 Å². The molecule has 2 heteroatoms. The second kappa shape index (κ2) is 3.43. The van der Waals surface area contributed by atoms with Crippen LogP contribution >= 0.6 is 15.9 Å². The third-order valence-electron chi connectivity index (χ3n) is 2.95. The highest BCUT2D eigenvalue weighted by molar-refractivity contribution is 9.10. The maximum Gasteiger partial charge on any atom is 0.0324 e. The normalized spacial score (nSPS) is 27.0. The highest BCUT2D eigenvalue weighted by atomic mass is 79.9. The molecule has 1 aromatic rings. The molecule has 70 valence electrons. The summed E-state index contributed by atoms with van der Waals surface area (Å²) in [5.41, 5.74) is 8.89. The summed E-state index contributed by atoms with van der Waals surface area (Å²) in [6, 6.07) is 6.67. The third-order valence-corrected chi connectivity index (χ3v) is 3.44. The standard InChI is InChI=1S/C11H14BrN/c1-7-2-3-8-4-5-9(12)6-10(8)11(7)13/h4-7,11H,2-3,13H2,1H3. The topological polar surface area (TPSA) is 26.0 Å². The molecule has 0 amide bonds. The van der Waals surface area contributed by atoms with Gasteiger partial charge in [0, 0.05) is 10.5 Å². The molecule has 2 N–H and O–H groups in total. The van der Waals surface area contributed by atoms with Crippen molar-refractivity contribution in [3.63, 3.8) is 0 Å². The third kappa shape index (κ3) is 1.65. The van der Waals surface area contributed by atoms with Gasteiger partial charge in [-0.15, -0.1) is 0 Å². The van der Waals surface area contributed by atoms with Crippen LogP contribution < -0.4 is 5.73 Å². The summed E-state index contributed by atoms with van der Waals surface area (Å²) in [6.07, 6.45) is 2.40. The van der Waals surface area contributed by atoms with Gasteiger partial charge in [-0.25, -0.2) is 0 Å². The summed E-state index contributed by atoms with van der Waals surface area (Å²) < 4.78 is 1.14. The van der Waals surface area contributed by atoms with E-state index < -0.39 is 0 Å². The number of aryl methyl sites for hydroxylation is 1. The lowest BCUT2D eigenvalue weighted by molar-refractivity contribution is 0.412. The maximum atomic E-state index is 6.14. The molecule has 13 heavy (non-hydrogen) atoms. The predicted octanol–water partition coefficient (Wildman–Crippen LogP) is 3.03. The van der Waals surface area contributed by atoms with Gasteiger partial charge in [-0.05, 0) is 42.0 Å². The molecule has 2 atom stereocenters. The Bertz CT molecular complexity index is 322. The molecular formula is C11H14BrN. The lowest BCUT2D eigenvalue weighted by atomic mass is 9.81. The molecule has 0 aromatic heterocycles. The number of rotatable bonds is 0. The lowest BCUT2D eigenvalue weighted by Crippen LogP contribution is -2.25. The Balaban J connectivity index is 2.45. The second-order valence-corrected chi connectivity index (χ2v) is 4.80. The van der Waals surface area contributed by atoms with Crippen LogP contribution in [0.1, 0.15) is 30.5 Å². The summed E-state index contributed by atoms with van der Waals surface area (Å²) in [5, 5.41) is 0. The van der Waals surface area contributed by atoms with Crippen molar-refractivity contribution in [1.29, 1.82) is 0 Å². The second-order valence-electron chi connectivity index (χ2n) is 3.88. The zero-order chi connectivity index (χ0) is 9.42. The van der Waals surface area contributed by atoms with Gasteiger partial charge in [0.2, 0.25) is 0 Å². The van der Waals surface area contributed by atoms with Crippen LogP contribution in [0.5, 0.6) is 0 Å². The van der Waals surface area contributed by atoms with Gasteiger partial charge in [-0.2, -0.15) is 0 Å². The largest absolute Gasteiger partial charge is 0.324 e.